The third kappa shape index (κ3) is 3.48. The molecule has 0 unspecified atom stereocenters. The Kier molecular flexibility index (Phi) is 4.65. The highest BCUT2D eigenvalue weighted by atomic mass is 16.2. The van der Waals surface area contributed by atoms with E-state index in [4.69, 9.17) is 0 Å². The first-order chi connectivity index (χ1) is 11.6. The monoisotopic (exact) mass is 322 g/mol. The lowest BCUT2D eigenvalue weighted by Crippen LogP contribution is -2.19. The molecule has 2 aromatic carbocycles. The standard InChI is InChI=1S/C20H22N2O2/c1-13-6-8-17(20(24)21-2)12-18(13)22-19(23)11-14-7-9-15-4-3-5-16(15)10-14/h6-10,12H,3-5,11H2,1-2H3,(H,21,24)(H,22,23). The Balaban J connectivity index is 1.72. The first kappa shape index (κ1) is 16.2. The smallest absolute Gasteiger partial charge is 0.251 e. The molecule has 0 aliphatic heterocycles. The van der Waals surface area contributed by atoms with Gasteiger partial charge in [0.25, 0.3) is 5.91 Å². The van der Waals surface area contributed by atoms with Gasteiger partial charge in [-0.15, -0.1) is 0 Å². The summed E-state index contributed by atoms with van der Waals surface area (Å²) in [5, 5.41) is 5.52. The van der Waals surface area contributed by atoms with Gasteiger partial charge in [-0.05, 0) is 60.6 Å². The van der Waals surface area contributed by atoms with Gasteiger partial charge in [0.1, 0.15) is 0 Å². The van der Waals surface area contributed by atoms with Gasteiger partial charge in [0.2, 0.25) is 5.91 Å². The van der Waals surface area contributed by atoms with E-state index in [1.807, 2.05) is 19.1 Å². The fourth-order valence-corrected chi connectivity index (χ4v) is 3.16. The highest BCUT2D eigenvalue weighted by Crippen LogP contribution is 2.23. The molecule has 2 amide bonds. The summed E-state index contributed by atoms with van der Waals surface area (Å²) in [4.78, 5) is 24.1. The van der Waals surface area contributed by atoms with Crippen LogP contribution in [0.5, 0.6) is 0 Å². The second-order valence-corrected chi connectivity index (χ2v) is 6.29. The highest BCUT2D eigenvalue weighted by molar-refractivity contribution is 5.98. The number of nitrogens with one attached hydrogen (secondary N) is 2. The second kappa shape index (κ2) is 6.87. The highest BCUT2D eigenvalue weighted by Gasteiger charge is 2.13. The van der Waals surface area contributed by atoms with Gasteiger partial charge in [-0.3, -0.25) is 9.59 Å². The number of fused-ring (bicyclic) bond motifs is 1. The molecule has 0 fully saturated rings. The summed E-state index contributed by atoms with van der Waals surface area (Å²) in [6.45, 7) is 1.92. The average molecular weight is 322 g/mol. The molecule has 2 aromatic rings. The van der Waals surface area contributed by atoms with Crippen LogP contribution in [-0.4, -0.2) is 18.9 Å². The molecule has 0 saturated carbocycles. The second-order valence-electron chi connectivity index (χ2n) is 6.29. The van der Waals surface area contributed by atoms with Crippen molar-refractivity contribution in [1.29, 1.82) is 0 Å². The molecule has 1 aliphatic carbocycles. The summed E-state index contributed by atoms with van der Waals surface area (Å²) >= 11 is 0. The lowest BCUT2D eigenvalue weighted by Gasteiger charge is -2.11. The summed E-state index contributed by atoms with van der Waals surface area (Å²) in [6.07, 6.45) is 3.80. The topological polar surface area (TPSA) is 58.2 Å². The Bertz CT molecular complexity index is 796. The van der Waals surface area contributed by atoms with Crippen LogP contribution in [0.1, 0.15) is 39.0 Å². The molecule has 124 valence electrons. The summed E-state index contributed by atoms with van der Waals surface area (Å²) in [7, 11) is 1.59. The molecule has 24 heavy (non-hydrogen) atoms. The summed E-state index contributed by atoms with van der Waals surface area (Å²) in [5.74, 6) is -0.228. The molecule has 1 aliphatic rings. The minimum absolute atomic E-state index is 0.0647. The minimum Gasteiger partial charge on any atom is -0.355 e. The van der Waals surface area contributed by atoms with Crippen molar-refractivity contribution in [1.82, 2.24) is 5.32 Å². The van der Waals surface area contributed by atoms with E-state index in [9.17, 15) is 9.59 Å². The number of anilines is 1. The van der Waals surface area contributed by atoms with Crippen molar-refractivity contribution < 1.29 is 9.59 Å². The fraction of sp³-hybridized carbons (Fsp3) is 0.300. The molecule has 0 spiro atoms. The Hall–Kier alpha value is -2.62. The minimum atomic E-state index is -0.163. The number of hydrogen-bond acceptors (Lipinski definition) is 2. The lowest BCUT2D eigenvalue weighted by molar-refractivity contribution is -0.115. The van der Waals surface area contributed by atoms with E-state index in [2.05, 4.69) is 22.8 Å². The van der Waals surface area contributed by atoms with Crippen LogP contribution in [0.25, 0.3) is 0 Å². The first-order valence-electron chi connectivity index (χ1n) is 8.30. The normalized spacial score (nSPS) is 12.6. The molecule has 0 aromatic heterocycles. The Labute approximate surface area is 142 Å². The predicted octanol–water partition coefficient (Wildman–Crippen LogP) is 3.02. The molecule has 4 nitrogen and oxygen atoms in total. The van der Waals surface area contributed by atoms with Crippen molar-refractivity contribution in [3.63, 3.8) is 0 Å². The number of hydrogen-bond donors (Lipinski definition) is 2. The van der Waals surface area contributed by atoms with E-state index in [-0.39, 0.29) is 11.8 Å². The molecular formula is C20H22N2O2. The van der Waals surface area contributed by atoms with Crippen LogP contribution in [0, 0.1) is 6.92 Å². The van der Waals surface area contributed by atoms with Crippen molar-refractivity contribution in [2.75, 3.05) is 12.4 Å². The van der Waals surface area contributed by atoms with Crippen LogP contribution in [0.2, 0.25) is 0 Å². The fourth-order valence-electron chi connectivity index (χ4n) is 3.16. The Morgan fingerprint density at radius 3 is 2.62 bits per heavy atom. The van der Waals surface area contributed by atoms with Gasteiger partial charge in [-0.25, -0.2) is 0 Å². The zero-order valence-corrected chi connectivity index (χ0v) is 14.1. The summed E-state index contributed by atoms with van der Waals surface area (Å²) in [6, 6.07) is 11.6. The third-order valence-corrected chi connectivity index (χ3v) is 4.53. The van der Waals surface area contributed by atoms with Crippen molar-refractivity contribution in [2.24, 2.45) is 0 Å². The van der Waals surface area contributed by atoms with Crippen molar-refractivity contribution in [2.45, 2.75) is 32.6 Å². The molecule has 0 bridgehead atoms. The molecular weight excluding hydrogens is 300 g/mol. The van der Waals surface area contributed by atoms with E-state index < -0.39 is 0 Å². The molecule has 0 saturated heterocycles. The number of aryl methyl sites for hydroxylation is 3. The molecule has 0 atom stereocenters. The first-order valence-corrected chi connectivity index (χ1v) is 8.30. The van der Waals surface area contributed by atoms with Crippen molar-refractivity contribution >= 4 is 17.5 Å². The summed E-state index contributed by atoms with van der Waals surface area (Å²) in [5.41, 5.74) is 5.97. The van der Waals surface area contributed by atoms with E-state index in [0.29, 0.717) is 17.7 Å². The number of carbonyl (C=O) groups is 2. The number of carbonyl (C=O) groups excluding carboxylic acids is 2. The maximum Gasteiger partial charge on any atom is 0.251 e. The number of rotatable bonds is 4. The van der Waals surface area contributed by atoms with Crippen LogP contribution in [0.4, 0.5) is 5.69 Å². The SMILES string of the molecule is CNC(=O)c1ccc(C)c(NC(=O)Cc2ccc3c(c2)CCC3)c1. The van der Waals surface area contributed by atoms with Gasteiger partial charge < -0.3 is 10.6 Å². The average Bonchev–Trinajstić information content (AvgIpc) is 3.03. The van der Waals surface area contributed by atoms with E-state index in [0.717, 1.165) is 24.0 Å². The van der Waals surface area contributed by atoms with Crippen LogP contribution >= 0.6 is 0 Å². The zero-order chi connectivity index (χ0) is 17.1. The Morgan fingerprint density at radius 2 is 1.83 bits per heavy atom. The van der Waals surface area contributed by atoms with Gasteiger partial charge in [-0.2, -0.15) is 0 Å². The molecule has 0 radical (unpaired) electrons. The quantitative estimate of drug-likeness (QED) is 0.909. The van der Waals surface area contributed by atoms with Crippen LogP contribution < -0.4 is 10.6 Å². The van der Waals surface area contributed by atoms with Gasteiger partial charge >= 0.3 is 0 Å². The molecule has 2 N–H and O–H groups in total. The van der Waals surface area contributed by atoms with E-state index in [1.165, 1.54) is 17.5 Å². The zero-order valence-electron chi connectivity index (χ0n) is 14.1. The molecule has 4 heteroatoms. The largest absolute Gasteiger partial charge is 0.355 e. The number of amides is 2. The van der Waals surface area contributed by atoms with Gasteiger partial charge in [0.15, 0.2) is 0 Å². The summed E-state index contributed by atoms with van der Waals surface area (Å²) < 4.78 is 0. The lowest BCUT2D eigenvalue weighted by atomic mass is 10.0. The third-order valence-electron chi connectivity index (χ3n) is 4.53. The predicted molar refractivity (Wildman–Crippen MR) is 95.4 cm³/mol. The van der Waals surface area contributed by atoms with Gasteiger partial charge in [0.05, 0.1) is 6.42 Å². The number of benzene rings is 2. The van der Waals surface area contributed by atoms with Crippen LogP contribution in [0.3, 0.4) is 0 Å². The van der Waals surface area contributed by atoms with Crippen molar-refractivity contribution in [3.8, 4) is 0 Å². The maximum absolute atomic E-state index is 12.4. The van der Waals surface area contributed by atoms with Gasteiger partial charge in [0, 0.05) is 18.3 Å². The van der Waals surface area contributed by atoms with E-state index in [1.54, 1.807) is 19.2 Å². The van der Waals surface area contributed by atoms with Gasteiger partial charge in [-0.1, -0.05) is 24.3 Å². The molecule has 3 rings (SSSR count). The van der Waals surface area contributed by atoms with Crippen LogP contribution in [-0.2, 0) is 24.1 Å². The van der Waals surface area contributed by atoms with E-state index >= 15 is 0 Å². The maximum atomic E-state index is 12.4. The van der Waals surface area contributed by atoms with Crippen LogP contribution in [0.15, 0.2) is 36.4 Å². The Morgan fingerprint density at radius 1 is 1.04 bits per heavy atom. The van der Waals surface area contributed by atoms with Crippen molar-refractivity contribution in [3.05, 3.63) is 64.2 Å². The molecule has 0 heterocycles.